The molecule has 0 radical (unpaired) electrons. The largest absolute Gasteiger partial charge is 0.462 e. The van der Waals surface area contributed by atoms with E-state index in [4.69, 9.17) is 9.47 Å². The fraction of sp³-hybridized carbons (Fsp3) is 0.400. The number of aliphatic hydroxyl groups is 1. The van der Waals surface area contributed by atoms with Gasteiger partial charge >= 0.3 is 11.9 Å². The number of ether oxygens (including phenoxy) is 2. The molecule has 0 aliphatic carbocycles. The van der Waals surface area contributed by atoms with Crippen LogP contribution in [-0.2, 0) is 19.1 Å². The van der Waals surface area contributed by atoms with Crippen molar-refractivity contribution in [3.63, 3.8) is 0 Å². The summed E-state index contributed by atoms with van der Waals surface area (Å²) in [6.45, 7) is 6.94. The zero-order valence-corrected chi connectivity index (χ0v) is 23.7. The highest BCUT2D eigenvalue weighted by molar-refractivity contribution is 7.99. The third-order valence-corrected chi connectivity index (χ3v) is 7.50. The summed E-state index contributed by atoms with van der Waals surface area (Å²) in [6.07, 6.45) is 2.85. The average molecular weight is 553 g/mol. The van der Waals surface area contributed by atoms with Crippen molar-refractivity contribution in [2.24, 2.45) is 10.5 Å². The van der Waals surface area contributed by atoms with Crippen LogP contribution in [0.4, 0.5) is 5.69 Å². The lowest BCUT2D eigenvalue weighted by atomic mass is 9.97. The summed E-state index contributed by atoms with van der Waals surface area (Å²) in [5.41, 5.74) is 2.08. The minimum absolute atomic E-state index is 0.251. The van der Waals surface area contributed by atoms with Crippen molar-refractivity contribution in [2.45, 2.75) is 46.6 Å². The Morgan fingerprint density at radius 3 is 2.41 bits per heavy atom. The van der Waals surface area contributed by atoms with Crippen molar-refractivity contribution in [2.75, 3.05) is 29.7 Å². The molecule has 0 bridgehead atoms. The lowest BCUT2D eigenvalue weighted by Crippen LogP contribution is -2.33. The monoisotopic (exact) mass is 552 g/mol. The normalized spacial score (nSPS) is 15.3. The SMILES string of the molecule is CCCCSCC(C)(C)C(=O)OCC(O)COC(=O)c1ccc(N2N=C(C)/C(=C/c3ccccc3)C2=O)cc1. The van der Waals surface area contributed by atoms with E-state index in [9.17, 15) is 19.5 Å². The Hall–Kier alpha value is -3.43. The van der Waals surface area contributed by atoms with Crippen LogP contribution in [0.15, 0.2) is 65.3 Å². The van der Waals surface area contributed by atoms with E-state index in [-0.39, 0.29) is 24.7 Å². The highest BCUT2D eigenvalue weighted by Gasteiger charge is 2.30. The van der Waals surface area contributed by atoms with Crippen LogP contribution in [0.3, 0.4) is 0 Å². The maximum atomic E-state index is 13.0. The van der Waals surface area contributed by atoms with Gasteiger partial charge in [-0.05, 0) is 68.8 Å². The number of carbonyl (C=O) groups excluding carboxylic acids is 3. The molecule has 0 spiro atoms. The second-order valence-electron chi connectivity index (χ2n) is 9.96. The zero-order chi connectivity index (χ0) is 28.4. The molecular weight excluding hydrogens is 516 g/mol. The summed E-state index contributed by atoms with van der Waals surface area (Å²) >= 11 is 1.70. The number of esters is 2. The molecule has 1 heterocycles. The van der Waals surface area contributed by atoms with Crippen molar-refractivity contribution in [3.8, 4) is 0 Å². The van der Waals surface area contributed by atoms with Crippen LogP contribution in [-0.4, -0.2) is 59.5 Å². The molecule has 9 heteroatoms. The van der Waals surface area contributed by atoms with Crippen LogP contribution in [0.5, 0.6) is 0 Å². The van der Waals surface area contributed by atoms with Gasteiger partial charge < -0.3 is 14.6 Å². The van der Waals surface area contributed by atoms with E-state index in [1.165, 1.54) is 17.1 Å². The molecule has 1 aliphatic heterocycles. The molecule has 2 aromatic rings. The minimum Gasteiger partial charge on any atom is -0.462 e. The molecule has 1 N–H and O–H groups in total. The van der Waals surface area contributed by atoms with Gasteiger partial charge in [0.15, 0.2) is 0 Å². The van der Waals surface area contributed by atoms with Crippen molar-refractivity contribution in [1.29, 1.82) is 0 Å². The first-order valence-corrected chi connectivity index (χ1v) is 14.1. The summed E-state index contributed by atoms with van der Waals surface area (Å²) < 4.78 is 10.4. The number of unbranched alkanes of at least 4 members (excludes halogenated alkanes) is 1. The predicted molar refractivity (Wildman–Crippen MR) is 155 cm³/mol. The van der Waals surface area contributed by atoms with Crippen molar-refractivity contribution >= 4 is 47.1 Å². The van der Waals surface area contributed by atoms with Crippen LogP contribution >= 0.6 is 11.8 Å². The standard InChI is InChI=1S/C30H36N2O6S/c1-5-6-16-39-20-30(3,4)29(36)38-19-25(33)18-37-28(35)23-12-14-24(15-13-23)32-27(34)26(21(2)31-32)17-22-10-8-7-9-11-22/h7-15,17,25,33H,5-6,16,18-20H2,1-4H3/b26-17-. The Balaban J connectivity index is 1.48. The molecule has 1 unspecified atom stereocenters. The molecule has 1 aliphatic rings. The Kier molecular flexibility index (Phi) is 10.9. The first-order chi connectivity index (χ1) is 18.6. The fourth-order valence-electron chi connectivity index (χ4n) is 3.62. The van der Waals surface area contributed by atoms with Crippen LogP contribution < -0.4 is 5.01 Å². The number of aliphatic hydroxyl groups excluding tert-OH is 1. The minimum atomic E-state index is -1.14. The van der Waals surface area contributed by atoms with E-state index in [2.05, 4.69) is 12.0 Å². The summed E-state index contributed by atoms with van der Waals surface area (Å²) in [6, 6.07) is 15.8. The van der Waals surface area contributed by atoms with Crippen LogP contribution in [0, 0.1) is 5.41 Å². The topological polar surface area (TPSA) is 106 Å². The lowest BCUT2D eigenvalue weighted by molar-refractivity contribution is -0.156. The van der Waals surface area contributed by atoms with Crippen LogP contribution in [0.25, 0.3) is 6.08 Å². The molecule has 1 amide bonds. The van der Waals surface area contributed by atoms with E-state index >= 15 is 0 Å². The average Bonchev–Trinajstić information content (AvgIpc) is 3.21. The molecule has 2 aromatic carbocycles. The van der Waals surface area contributed by atoms with Gasteiger partial charge in [-0.15, -0.1) is 0 Å². The Bertz CT molecular complexity index is 1210. The maximum Gasteiger partial charge on any atom is 0.338 e. The molecule has 3 rings (SSSR count). The first-order valence-electron chi connectivity index (χ1n) is 13.0. The molecule has 1 atom stereocenters. The number of hydrazone groups is 1. The van der Waals surface area contributed by atoms with E-state index in [0.29, 0.717) is 22.7 Å². The predicted octanol–water partition coefficient (Wildman–Crippen LogP) is 5.11. The molecule has 39 heavy (non-hydrogen) atoms. The second-order valence-corrected chi connectivity index (χ2v) is 11.1. The van der Waals surface area contributed by atoms with Gasteiger partial charge in [0.2, 0.25) is 0 Å². The molecule has 0 fully saturated rings. The number of amides is 1. The van der Waals surface area contributed by atoms with Gasteiger partial charge in [0.1, 0.15) is 19.3 Å². The quantitative estimate of drug-likeness (QED) is 0.209. The summed E-state index contributed by atoms with van der Waals surface area (Å²) in [5, 5.41) is 15.8. The Morgan fingerprint density at radius 2 is 1.74 bits per heavy atom. The number of anilines is 1. The van der Waals surface area contributed by atoms with E-state index in [1.807, 2.05) is 44.2 Å². The maximum absolute atomic E-state index is 13.0. The molecule has 0 saturated heterocycles. The van der Waals surface area contributed by atoms with Crippen LogP contribution in [0.1, 0.15) is 56.5 Å². The van der Waals surface area contributed by atoms with Crippen LogP contribution in [0.2, 0.25) is 0 Å². The molecular formula is C30H36N2O6S. The number of thioether (sulfide) groups is 1. The molecule has 208 valence electrons. The van der Waals surface area contributed by atoms with Gasteiger partial charge in [-0.3, -0.25) is 9.59 Å². The number of hydrogen-bond acceptors (Lipinski definition) is 8. The van der Waals surface area contributed by atoms with Crippen molar-refractivity contribution in [3.05, 3.63) is 71.3 Å². The van der Waals surface area contributed by atoms with Crippen molar-refractivity contribution < 1.29 is 29.0 Å². The van der Waals surface area contributed by atoms with Gasteiger partial charge in [0.25, 0.3) is 5.91 Å². The Labute approximate surface area is 234 Å². The van der Waals surface area contributed by atoms with E-state index in [1.54, 1.807) is 36.9 Å². The molecule has 8 nitrogen and oxygen atoms in total. The summed E-state index contributed by atoms with van der Waals surface area (Å²) in [5.74, 6) is 0.318. The number of hydrogen-bond donors (Lipinski definition) is 1. The third-order valence-electron chi connectivity index (χ3n) is 5.99. The number of carbonyl (C=O) groups is 3. The van der Waals surface area contributed by atoms with Gasteiger partial charge in [0, 0.05) is 5.75 Å². The number of rotatable bonds is 13. The van der Waals surface area contributed by atoms with Gasteiger partial charge in [-0.1, -0.05) is 43.7 Å². The first kappa shape index (κ1) is 30.1. The van der Waals surface area contributed by atoms with E-state index in [0.717, 1.165) is 24.2 Å². The van der Waals surface area contributed by atoms with Gasteiger partial charge in [-0.2, -0.15) is 21.9 Å². The van der Waals surface area contributed by atoms with Gasteiger partial charge in [0.05, 0.1) is 28.0 Å². The number of benzene rings is 2. The molecule has 0 aromatic heterocycles. The fourth-order valence-corrected chi connectivity index (χ4v) is 4.88. The summed E-state index contributed by atoms with van der Waals surface area (Å²) in [4.78, 5) is 37.8. The van der Waals surface area contributed by atoms with Gasteiger partial charge in [-0.25, -0.2) is 4.79 Å². The van der Waals surface area contributed by atoms with E-state index < -0.39 is 23.5 Å². The lowest BCUT2D eigenvalue weighted by Gasteiger charge is -2.23. The summed E-state index contributed by atoms with van der Waals surface area (Å²) in [7, 11) is 0. The highest BCUT2D eigenvalue weighted by atomic mass is 32.2. The second kappa shape index (κ2) is 14.1. The third kappa shape index (κ3) is 8.53. The number of nitrogens with zero attached hydrogens (tertiary/aromatic N) is 2. The smallest absolute Gasteiger partial charge is 0.338 e. The Morgan fingerprint density at radius 1 is 1.08 bits per heavy atom. The molecule has 0 saturated carbocycles. The highest BCUT2D eigenvalue weighted by Crippen LogP contribution is 2.26. The zero-order valence-electron chi connectivity index (χ0n) is 22.9. The van der Waals surface area contributed by atoms with Crippen molar-refractivity contribution in [1.82, 2.24) is 0 Å².